The highest BCUT2D eigenvalue weighted by Gasteiger charge is 2.45. The molecule has 1 aliphatic rings. The number of hydrogen-bond acceptors (Lipinski definition) is 5. The smallest absolute Gasteiger partial charge is 0.276 e. The minimum Gasteiger partial charge on any atom is -0.484 e. The lowest BCUT2D eigenvalue weighted by Crippen LogP contribution is -2.55. The first kappa shape index (κ1) is 22.3. The van der Waals surface area contributed by atoms with Crippen molar-refractivity contribution < 1.29 is 23.9 Å². The Hall–Kier alpha value is -3.39. The molecule has 0 bridgehead atoms. The van der Waals surface area contributed by atoms with E-state index in [1.54, 1.807) is 49.4 Å². The fourth-order valence-corrected chi connectivity index (χ4v) is 3.31. The Balaban J connectivity index is 1.72. The number of rotatable bonds is 6. The van der Waals surface area contributed by atoms with E-state index in [0.29, 0.717) is 16.5 Å². The van der Waals surface area contributed by atoms with E-state index in [1.165, 1.54) is 0 Å². The third-order valence-corrected chi connectivity index (χ3v) is 4.95. The molecule has 9 heteroatoms. The minimum atomic E-state index is -1.13. The van der Waals surface area contributed by atoms with Crippen molar-refractivity contribution in [2.75, 3.05) is 11.5 Å². The third-order valence-electron chi connectivity index (χ3n) is 4.69. The number of aryl methyl sites for hydroxylation is 1. The van der Waals surface area contributed by atoms with E-state index in [0.717, 1.165) is 15.5 Å². The van der Waals surface area contributed by atoms with Gasteiger partial charge in [-0.3, -0.25) is 24.6 Å². The number of amides is 4. The molecule has 0 saturated carbocycles. The summed E-state index contributed by atoms with van der Waals surface area (Å²) in [5.74, 6) is -1.72. The van der Waals surface area contributed by atoms with Gasteiger partial charge < -0.3 is 4.74 Å². The average molecular weight is 444 g/mol. The van der Waals surface area contributed by atoms with E-state index in [9.17, 15) is 19.2 Å². The van der Waals surface area contributed by atoms with Gasteiger partial charge >= 0.3 is 0 Å². The number of hydrazine groups is 1. The van der Waals surface area contributed by atoms with Crippen LogP contribution in [0.2, 0.25) is 5.02 Å². The number of nitrogens with one attached hydrogen (secondary N) is 1. The standard InChI is InChI=1S/C22H22ClN3O5/c1-3-20(28)26(24-19(27)13-31-17-9-7-15(23)8-10-17)18-12-21(29)25(22(18)30)16-6-4-5-14(2)11-16/h4-11,18H,3,12-13H2,1-2H3,(H,24,27). The van der Waals surface area contributed by atoms with Crippen LogP contribution in [0, 0.1) is 6.92 Å². The zero-order valence-corrected chi connectivity index (χ0v) is 17.9. The van der Waals surface area contributed by atoms with Crippen molar-refractivity contribution in [3.05, 3.63) is 59.1 Å². The van der Waals surface area contributed by atoms with Crippen molar-refractivity contribution in [3.8, 4) is 5.75 Å². The molecule has 1 aliphatic heterocycles. The van der Waals surface area contributed by atoms with E-state index < -0.39 is 29.7 Å². The van der Waals surface area contributed by atoms with Crippen molar-refractivity contribution in [2.45, 2.75) is 32.7 Å². The molecule has 4 amide bonds. The number of hydrogen-bond donors (Lipinski definition) is 1. The van der Waals surface area contributed by atoms with Crippen LogP contribution < -0.4 is 15.1 Å². The predicted molar refractivity (Wildman–Crippen MR) is 114 cm³/mol. The molecule has 1 saturated heterocycles. The Kier molecular flexibility index (Phi) is 6.91. The van der Waals surface area contributed by atoms with Crippen LogP contribution in [0.5, 0.6) is 5.75 Å². The van der Waals surface area contributed by atoms with Crippen LogP contribution in [-0.4, -0.2) is 41.3 Å². The molecule has 1 N–H and O–H groups in total. The van der Waals surface area contributed by atoms with E-state index in [4.69, 9.17) is 16.3 Å². The van der Waals surface area contributed by atoms with Crippen molar-refractivity contribution in [1.82, 2.24) is 10.4 Å². The van der Waals surface area contributed by atoms with Crippen LogP contribution in [0.4, 0.5) is 5.69 Å². The first-order valence-corrected chi connectivity index (χ1v) is 10.1. The molecule has 1 fully saturated rings. The van der Waals surface area contributed by atoms with Crippen molar-refractivity contribution in [2.24, 2.45) is 0 Å². The monoisotopic (exact) mass is 443 g/mol. The highest BCUT2D eigenvalue weighted by molar-refractivity contribution is 6.30. The molecular weight excluding hydrogens is 422 g/mol. The molecule has 1 unspecified atom stereocenters. The number of carbonyl (C=O) groups is 4. The fourth-order valence-electron chi connectivity index (χ4n) is 3.19. The molecule has 8 nitrogen and oxygen atoms in total. The van der Waals surface area contributed by atoms with Crippen LogP contribution in [0.25, 0.3) is 0 Å². The minimum absolute atomic E-state index is 0.0424. The lowest BCUT2D eigenvalue weighted by atomic mass is 10.2. The molecular formula is C22H22ClN3O5. The highest BCUT2D eigenvalue weighted by Crippen LogP contribution is 2.26. The molecule has 0 aromatic heterocycles. The number of anilines is 1. The van der Waals surface area contributed by atoms with Crippen molar-refractivity contribution >= 4 is 40.9 Å². The Bertz CT molecular complexity index is 1010. The molecule has 1 atom stereocenters. The van der Waals surface area contributed by atoms with Gasteiger partial charge in [-0.15, -0.1) is 0 Å². The number of carbonyl (C=O) groups excluding carboxylic acids is 4. The van der Waals surface area contributed by atoms with Crippen LogP contribution in [0.3, 0.4) is 0 Å². The number of halogens is 1. The Morgan fingerprint density at radius 3 is 2.55 bits per heavy atom. The summed E-state index contributed by atoms with van der Waals surface area (Å²) in [7, 11) is 0. The van der Waals surface area contributed by atoms with Gasteiger partial charge in [0.15, 0.2) is 6.61 Å². The first-order valence-electron chi connectivity index (χ1n) is 9.73. The van der Waals surface area contributed by atoms with Crippen LogP contribution in [-0.2, 0) is 19.2 Å². The van der Waals surface area contributed by atoms with Gasteiger partial charge in [0.25, 0.3) is 11.8 Å². The van der Waals surface area contributed by atoms with E-state index in [-0.39, 0.29) is 19.4 Å². The molecule has 0 aliphatic carbocycles. The Morgan fingerprint density at radius 2 is 1.90 bits per heavy atom. The van der Waals surface area contributed by atoms with Gasteiger partial charge in [0, 0.05) is 11.4 Å². The van der Waals surface area contributed by atoms with E-state index in [1.807, 2.05) is 13.0 Å². The maximum absolute atomic E-state index is 13.0. The summed E-state index contributed by atoms with van der Waals surface area (Å²) in [6.07, 6.45) is -0.183. The lowest BCUT2D eigenvalue weighted by molar-refractivity contribution is -0.148. The van der Waals surface area contributed by atoms with Gasteiger partial charge in [0.2, 0.25) is 11.8 Å². The molecule has 162 valence electrons. The molecule has 1 heterocycles. The zero-order chi connectivity index (χ0) is 22.5. The van der Waals surface area contributed by atoms with E-state index >= 15 is 0 Å². The maximum Gasteiger partial charge on any atom is 0.276 e. The Labute approximate surface area is 184 Å². The Morgan fingerprint density at radius 1 is 1.19 bits per heavy atom. The van der Waals surface area contributed by atoms with Gasteiger partial charge in [0.1, 0.15) is 11.8 Å². The van der Waals surface area contributed by atoms with Crippen LogP contribution in [0.15, 0.2) is 48.5 Å². The summed E-state index contributed by atoms with van der Waals surface area (Å²) in [5.41, 5.74) is 3.73. The molecule has 31 heavy (non-hydrogen) atoms. The van der Waals surface area contributed by atoms with Crippen LogP contribution >= 0.6 is 11.6 Å². The van der Waals surface area contributed by atoms with Gasteiger partial charge in [-0.1, -0.05) is 30.7 Å². The molecule has 2 aromatic rings. The second kappa shape index (κ2) is 9.61. The normalized spacial score (nSPS) is 15.7. The number of imide groups is 1. The molecule has 0 radical (unpaired) electrons. The van der Waals surface area contributed by atoms with Crippen molar-refractivity contribution in [1.29, 1.82) is 0 Å². The zero-order valence-electron chi connectivity index (χ0n) is 17.1. The van der Waals surface area contributed by atoms with Crippen molar-refractivity contribution in [3.63, 3.8) is 0 Å². The summed E-state index contributed by atoms with van der Waals surface area (Å²) in [5, 5.41) is 1.46. The molecule has 0 spiro atoms. The maximum atomic E-state index is 13.0. The predicted octanol–water partition coefficient (Wildman–Crippen LogP) is 2.63. The third kappa shape index (κ3) is 5.21. The van der Waals surface area contributed by atoms with Gasteiger partial charge in [-0.2, -0.15) is 0 Å². The largest absolute Gasteiger partial charge is 0.484 e. The fraction of sp³-hybridized carbons (Fsp3) is 0.273. The lowest BCUT2D eigenvalue weighted by Gasteiger charge is -2.27. The van der Waals surface area contributed by atoms with Gasteiger partial charge in [0.05, 0.1) is 12.1 Å². The highest BCUT2D eigenvalue weighted by atomic mass is 35.5. The summed E-state index contributed by atoms with van der Waals surface area (Å²) in [6.45, 7) is 3.07. The number of benzene rings is 2. The summed E-state index contributed by atoms with van der Waals surface area (Å²) < 4.78 is 5.38. The SMILES string of the molecule is CCC(=O)N(NC(=O)COc1ccc(Cl)cc1)C1CC(=O)N(c2cccc(C)c2)C1=O. The van der Waals surface area contributed by atoms with Gasteiger partial charge in [-0.05, 0) is 48.9 Å². The topological polar surface area (TPSA) is 96.0 Å². The van der Waals surface area contributed by atoms with E-state index in [2.05, 4.69) is 5.43 Å². The molecule has 3 rings (SSSR count). The summed E-state index contributed by atoms with van der Waals surface area (Å²) in [6, 6.07) is 12.3. The molecule has 2 aromatic carbocycles. The average Bonchev–Trinajstić information content (AvgIpc) is 3.04. The first-order chi connectivity index (χ1) is 14.8. The van der Waals surface area contributed by atoms with Crippen LogP contribution in [0.1, 0.15) is 25.3 Å². The second-order valence-corrected chi connectivity index (χ2v) is 7.46. The summed E-state index contributed by atoms with van der Waals surface area (Å²) in [4.78, 5) is 51.5. The number of ether oxygens (including phenoxy) is 1. The quantitative estimate of drug-likeness (QED) is 0.547. The number of nitrogens with zero attached hydrogens (tertiary/aromatic N) is 2. The summed E-state index contributed by atoms with van der Waals surface area (Å²) >= 11 is 5.81. The van der Waals surface area contributed by atoms with Gasteiger partial charge in [-0.25, -0.2) is 9.91 Å². The second-order valence-electron chi connectivity index (χ2n) is 7.02.